The van der Waals surface area contributed by atoms with Crippen LogP contribution < -0.4 is 5.73 Å². The lowest BCUT2D eigenvalue weighted by molar-refractivity contribution is 0.173. The standard InChI is InChI=1S/C11H26N2O/c1-9(2)7-13(10(3)4)8-11(12)5-6-14/h9-11,14H,5-8,12H2,1-4H3. The summed E-state index contributed by atoms with van der Waals surface area (Å²) in [5.41, 5.74) is 5.90. The summed E-state index contributed by atoms with van der Waals surface area (Å²) < 4.78 is 0. The van der Waals surface area contributed by atoms with E-state index in [-0.39, 0.29) is 12.6 Å². The molecule has 1 unspecified atom stereocenters. The summed E-state index contributed by atoms with van der Waals surface area (Å²) in [7, 11) is 0. The number of hydrogen-bond donors (Lipinski definition) is 2. The van der Waals surface area contributed by atoms with Gasteiger partial charge >= 0.3 is 0 Å². The van der Waals surface area contributed by atoms with Crippen LogP contribution in [0.15, 0.2) is 0 Å². The van der Waals surface area contributed by atoms with E-state index in [1.807, 2.05) is 0 Å². The first-order valence-electron chi connectivity index (χ1n) is 5.57. The molecule has 14 heavy (non-hydrogen) atoms. The molecule has 0 aliphatic rings. The number of nitrogens with zero attached hydrogens (tertiary/aromatic N) is 1. The average Bonchev–Trinajstić information content (AvgIpc) is 2.02. The second-order valence-corrected chi connectivity index (χ2v) is 4.71. The van der Waals surface area contributed by atoms with Crippen LogP contribution >= 0.6 is 0 Å². The van der Waals surface area contributed by atoms with Crippen molar-refractivity contribution in [3.63, 3.8) is 0 Å². The SMILES string of the molecule is CC(C)CN(CC(N)CCO)C(C)C. The molecule has 0 aliphatic carbocycles. The van der Waals surface area contributed by atoms with E-state index in [9.17, 15) is 0 Å². The highest BCUT2D eigenvalue weighted by Gasteiger charge is 2.14. The van der Waals surface area contributed by atoms with Crippen LogP contribution in [0.25, 0.3) is 0 Å². The van der Waals surface area contributed by atoms with Gasteiger partial charge in [0.15, 0.2) is 0 Å². The molecule has 0 rings (SSSR count). The van der Waals surface area contributed by atoms with Crippen molar-refractivity contribution in [1.82, 2.24) is 4.90 Å². The van der Waals surface area contributed by atoms with E-state index in [0.717, 1.165) is 13.1 Å². The van der Waals surface area contributed by atoms with E-state index in [0.29, 0.717) is 18.4 Å². The van der Waals surface area contributed by atoms with Crippen molar-refractivity contribution in [2.45, 2.75) is 46.2 Å². The van der Waals surface area contributed by atoms with Crippen molar-refractivity contribution in [2.75, 3.05) is 19.7 Å². The van der Waals surface area contributed by atoms with Gasteiger partial charge in [-0.15, -0.1) is 0 Å². The molecule has 0 fully saturated rings. The topological polar surface area (TPSA) is 49.5 Å². The number of aliphatic hydroxyl groups excluding tert-OH is 1. The highest BCUT2D eigenvalue weighted by atomic mass is 16.3. The van der Waals surface area contributed by atoms with Gasteiger partial charge in [0.2, 0.25) is 0 Å². The van der Waals surface area contributed by atoms with Crippen LogP contribution in [0.5, 0.6) is 0 Å². The molecule has 0 saturated carbocycles. The number of aliphatic hydroxyl groups is 1. The Kier molecular flexibility index (Phi) is 7.15. The first-order valence-corrected chi connectivity index (χ1v) is 5.57. The Labute approximate surface area is 88.3 Å². The fraction of sp³-hybridized carbons (Fsp3) is 1.00. The summed E-state index contributed by atoms with van der Waals surface area (Å²) in [6.07, 6.45) is 0.696. The summed E-state index contributed by atoms with van der Waals surface area (Å²) in [5, 5.41) is 8.77. The maximum atomic E-state index is 8.77. The molecule has 0 saturated heterocycles. The summed E-state index contributed by atoms with van der Waals surface area (Å²) in [5.74, 6) is 0.665. The van der Waals surface area contributed by atoms with Crippen LogP contribution in [0.3, 0.4) is 0 Å². The van der Waals surface area contributed by atoms with Gasteiger partial charge in [-0.1, -0.05) is 13.8 Å². The lowest BCUT2D eigenvalue weighted by Gasteiger charge is -2.30. The minimum absolute atomic E-state index is 0.0983. The number of hydrogen-bond acceptors (Lipinski definition) is 3. The van der Waals surface area contributed by atoms with Crippen LogP contribution in [-0.2, 0) is 0 Å². The third kappa shape index (κ3) is 6.35. The molecule has 3 N–H and O–H groups in total. The monoisotopic (exact) mass is 202 g/mol. The second kappa shape index (κ2) is 7.21. The molecule has 86 valence electrons. The van der Waals surface area contributed by atoms with Gasteiger partial charge < -0.3 is 10.8 Å². The maximum Gasteiger partial charge on any atom is 0.0446 e. The third-order valence-electron chi connectivity index (χ3n) is 2.30. The molecule has 0 aliphatic heterocycles. The highest BCUT2D eigenvalue weighted by Crippen LogP contribution is 2.05. The number of rotatable bonds is 7. The van der Waals surface area contributed by atoms with Gasteiger partial charge in [-0.2, -0.15) is 0 Å². The first-order chi connectivity index (χ1) is 6.47. The van der Waals surface area contributed by atoms with E-state index in [1.54, 1.807) is 0 Å². The average molecular weight is 202 g/mol. The molecule has 3 nitrogen and oxygen atoms in total. The Bertz CT molecular complexity index is 137. The van der Waals surface area contributed by atoms with E-state index in [1.165, 1.54) is 0 Å². The van der Waals surface area contributed by atoms with Gasteiger partial charge in [0.05, 0.1) is 0 Å². The lowest BCUT2D eigenvalue weighted by atomic mass is 10.1. The molecule has 1 atom stereocenters. The molecule has 0 aromatic rings. The lowest BCUT2D eigenvalue weighted by Crippen LogP contribution is -2.43. The second-order valence-electron chi connectivity index (χ2n) is 4.71. The van der Waals surface area contributed by atoms with Crippen LogP contribution in [0.2, 0.25) is 0 Å². The smallest absolute Gasteiger partial charge is 0.0446 e. The zero-order valence-electron chi connectivity index (χ0n) is 10.0. The van der Waals surface area contributed by atoms with Crippen molar-refractivity contribution in [3.05, 3.63) is 0 Å². The Morgan fingerprint density at radius 3 is 2.07 bits per heavy atom. The maximum absolute atomic E-state index is 8.77. The van der Waals surface area contributed by atoms with Crippen LogP contribution in [0.1, 0.15) is 34.1 Å². The van der Waals surface area contributed by atoms with Crippen molar-refractivity contribution in [2.24, 2.45) is 11.7 Å². The normalized spacial score (nSPS) is 14.4. The molecular weight excluding hydrogens is 176 g/mol. The van der Waals surface area contributed by atoms with Crippen molar-refractivity contribution < 1.29 is 5.11 Å². The summed E-state index contributed by atoms with van der Waals surface area (Å²) in [4.78, 5) is 2.38. The minimum atomic E-state index is 0.0983. The molecule has 3 heteroatoms. The van der Waals surface area contributed by atoms with Crippen molar-refractivity contribution in [3.8, 4) is 0 Å². The molecule has 0 bridgehead atoms. The van der Waals surface area contributed by atoms with Crippen LogP contribution in [0.4, 0.5) is 0 Å². The molecule has 0 aromatic heterocycles. The quantitative estimate of drug-likeness (QED) is 0.649. The Hall–Kier alpha value is -0.120. The number of nitrogens with two attached hydrogens (primary N) is 1. The summed E-state index contributed by atoms with van der Waals surface area (Å²) >= 11 is 0. The predicted molar refractivity (Wildman–Crippen MR) is 61.2 cm³/mol. The third-order valence-corrected chi connectivity index (χ3v) is 2.30. The van der Waals surface area contributed by atoms with Gasteiger partial charge in [-0.3, -0.25) is 4.90 Å². The largest absolute Gasteiger partial charge is 0.396 e. The molecule has 0 radical (unpaired) electrons. The van der Waals surface area contributed by atoms with E-state index in [4.69, 9.17) is 10.8 Å². The Balaban J connectivity index is 3.95. The van der Waals surface area contributed by atoms with Gasteiger partial charge in [-0.05, 0) is 26.2 Å². The molecule has 0 amide bonds. The Morgan fingerprint density at radius 1 is 1.14 bits per heavy atom. The fourth-order valence-corrected chi connectivity index (χ4v) is 1.52. The van der Waals surface area contributed by atoms with Crippen LogP contribution in [-0.4, -0.2) is 41.8 Å². The van der Waals surface area contributed by atoms with Crippen molar-refractivity contribution >= 4 is 0 Å². The van der Waals surface area contributed by atoms with E-state index >= 15 is 0 Å². The zero-order chi connectivity index (χ0) is 11.1. The van der Waals surface area contributed by atoms with E-state index in [2.05, 4.69) is 32.6 Å². The fourth-order valence-electron chi connectivity index (χ4n) is 1.52. The van der Waals surface area contributed by atoms with Gasteiger partial charge in [0.25, 0.3) is 0 Å². The van der Waals surface area contributed by atoms with Crippen LogP contribution in [0, 0.1) is 5.92 Å². The predicted octanol–water partition coefficient (Wildman–Crippen LogP) is 1.06. The molecule has 0 spiro atoms. The minimum Gasteiger partial charge on any atom is -0.396 e. The molecular formula is C11H26N2O. The van der Waals surface area contributed by atoms with Gasteiger partial charge in [0, 0.05) is 31.8 Å². The first kappa shape index (κ1) is 13.9. The van der Waals surface area contributed by atoms with E-state index < -0.39 is 0 Å². The summed E-state index contributed by atoms with van der Waals surface area (Å²) in [6.45, 7) is 11.0. The molecule has 0 heterocycles. The zero-order valence-corrected chi connectivity index (χ0v) is 10.0. The van der Waals surface area contributed by atoms with Gasteiger partial charge in [0.1, 0.15) is 0 Å². The molecule has 0 aromatic carbocycles. The van der Waals surface area contributed by atoms with Crippen molar-refractivity contribution in [1.29, 1.82) is 0 Å². The van der Waals surface area contributed by atoms with Gasteiger partial charge in [-0.25, -0.2) is 0 Å². The highest BCUT2D eigenvalue weighted by molar-refractivity contribution is 4.71. The summed E-state index contributed by atoms with van der Waals surface area (Å²) in [6, 6.07) is 0.628. The Morgan fingerprint density at radius 2 is 1.71 bits per heavy atom.